The van der Waals surface area contributed by atoms with Crippen molar-refractivity contribution < 1.29 is 18.4 Å². The number of amides is 2. The van der Waals surface area contributed by atoms with Crippen LogP contribution in [-0.2, 0) is 11.8 Å². The molecule has 0 saturated carbocycles. The van der Waals surface area contributed by atoms with Crippen LogP contribution in [0.1, 0.15) is 42.1 Å². The minimum absolute atomic E-state index is 0.0348. The summed E-state index contributed by atoms with van der Waals surface area (Å²) < 4.78 is 30.6. The van der Waals surface area contributed by atoms with E-state index >= 15 is 0 Å². The number of likely N-dealkylation sites (tertiary alicyclic amines) is 1. The first kappa shape index (κ1) is 26.0. The highest BCUT2D eigenvalue weighted by molar-refractivity contribution is 6.09. The van der Waals surface area contributed by atoms with Gasteiger partial charge in [-0.25, -0.2) is 18.7 Å². The van der Waals surface area contributed by atoms with E-state index in [9.17, 15) is 18.4 Å². The van der Waals surface area contributed by atoms with Crippen molar-refractivity contribution in [2.75, 3.05) is 24.1 Å². The Morgan fingerprint density at radius 1 is 1.08 bits per heavy atom. The smallest absolute Gasteiger partial charge is 0.264 e. The van der Waals surface area contributed by atoms with Gasteiger partial charge in [-0.2, -0.15) is 0 Å². The number of alkyl halides is 2. The predicted octanol–water partition coefficient (Wildman–Crippen LogP) is 5.57. The highest BCUT2D eigenvalue weighted by Crippen LogP contribution is 2.44. The zero-order valence-corrected chi connectivity index (χ0v) is 21.7. The van der Waals surface area contributed by atoms with Gasteiger partial charge in [0.2, 0.25) is 0 Å². The monoisotopic (exact) mass is 530 g/mol. The molecule has 0 atom stereocenters. The lowest BCUT2D eigenvalue weighted by Gasteiger charge is -2.16. The summed E-state index contributed by atoms with van der Waals surface area (Å²) in [5.74, 6) is -0.287. The number of rotatable bonds is 6. The standard InChI is InChI=1S/C29H28F2N6O2/c1-16(2)28(38)35-19-10-11-20(21(14-19)25(30)31)24-22(23-26(32)33-15-34-27(23)36(24)3)17-6-8-18(9-7-17)29(39)37-12-4-5-13-37/h6-11,14-15,25H,1,4-5,12-13H2,2-3H3,(H,35,38)(H2,32,33,34). The van der Waals surface area contributed by atoms with Gasteiger partial charge in [0.1, 0.15) is 17.8 Å². The second-order valence-electron chi connectivity index (χ2n) is 9.65. The Hall–Kier alpha value is -4.60. The maximum atomic E-state index is 14.4. The summed E-state index contributed by atoms with van der Waals surface area (Å²) >= 11 is 0. The molecule has 1 fully saturated rings. The van der Waals surface area contributed by atoms with Gasteiger partial charge in [-0.1, -0.05) is 24.8 Å². The Labute approximate surface area is 224 Å². The van der Waals surface area contributed by atoms with Crippen LogP contribution < -0.4 is 11.1 Å². The number of anilines is 2. The Kier molecular flexibility index (Phi) is 6.86. The SMILES string of the molecule is C=C(C)C(=O)Nc1ccc(-c2c(-c3ccc(C(=O)N4CCCC4)cc3)c3c(N)ncnc3n2C)c(C(F)F)c1. The molecule has 0 spiro atoms. The van der Waals surface area contributed by atoms with Gasteiger partial charge in [-0.15, -0.1) is 0 Å². The summed E-state index contributed by atoms with van der Waals surface area (Å²) in [5, 5.41) is 3.12. The third kappa shape index (κ3) is 4.73. The molecule has 1 saturated heterocycles. The van der Waals surface area contributed by atoms with Crippen LogP contribution in [-0.4, -0.2) is 44.3 Å². The van der Waals surface area contributed by atoms with Gasteiger partial charge in [0.15, 0.2) is 0 Å². The van der Waals surface area contributed by atoms with Crippen molar-refractivity contribution in [2.45, 2.75) is 26.2 Å². The highest BCUT2D eigenvalue weighted by Gasteiger charge is 2.26. The van der Waals surface area contributed by atoms with E-state index in [-0.39, 0.29) is 34.1 Å². The molecule has 2 aromatic carbocycles. The van der Waals surface area contributed by atoms with Crippen LogP contribution in [0, 0.1) is 0 Å². The van der Waals surface area contributed by atoms with E-state index in [0.29, 0.717) is 33.4 Å². The average molecular weight is 531 g/mol. The number of aromatic nitrogens is 3. The number of hydrogen-bond donors (Lipinski definition) is 2. The fourth-order valence-corrected chi connectivity index (χ4v) is 5.03. The normalized spacial score (nSPS) is 13.3. The number of nitrogen functional groups attached to an aromatic ring is 1. The number of halogens is 2. The second kappa shape index (κ2) is 10.3. The van der Waals surface area contributed by atoms with E-state index < -0.39 is 12.3 Å². The molecule has 1 aliphatic heterocycles. The number of hydrogen-bond acceptors (Lipinski definition) is 5. The number of nitrogens with two attached hydrogens (primary N) is 1. The molecule has 5 rings (SSSR count). The molecule has 2 aromatic heterocycles. The molecule has 0 radical (unpaired) electrons. The lowest BCUT2D eigenvalue weighted by molar-refractivity contribution is -0.112. The molecular weight excluding hydrogens is 502 g/mol. The van der Waals surface area contributed by atoms with Crippen LogP contribution in [0.2, 0.25) is 0 Å². The van der Waals surface area contributed by atoms with Crippen molar-refractivity contribution in [2.24, 2.45) is 7.05 Å². The van der Waals surface area contributed by atoms with Gasteiger partial charge in [-0.3, -0.25) is 9.59 Å². The van der Waals surface area contributed by atoms with Crippen LogP contribution in [0.3, 0.4) is 0 Å². The van der Waals surface area contributed by atoms with Crippen LogP contribution in [0.4, 0.5) is 20.3 Å². The average Bonchev–Trinajstić information content (AvgIpc) is 3.56. The number of fused-ring (bicyclic) bond motifs is 1. The molecule has 0 bridgehead atoms. The van der Waals surface area contributed by atoms with E-state index in [0.717, 1.165) is 25.9 Å². The van der Waals surface area contributed by atoms with Crippen LogP contribution in [0.15, 0.2) is 60.9 Å². The number of nitrogens with one attached hydrogen (secondary N) is 1. The molecule has 0 unspecified atom stereocenters. The molecule has 4 aromatic rings. The lowest BCUT2D eigenvalue weighted by Crippen LogP contribution is -2.27. The summed E-state index contributed by atoms with van der Waals surface area (Å²) in [6.07, 6.45) is 0.471. The molecule has 8 nitrogen and oxygen atoms in total. The first-order chi connectivity index (χ1) is 18.7. The maximum absolute atomic E-state index is 14.4. The number of carbonyl (C=O) groups excluding carboxylic acids is 2. The van der Waals surface area contributed by atoms with Crippen molar-refractivity contribution in [3.8, 4) is 22.4 Å². The molecule has 3 N–H and O–H groups in total. The molecule has 2 amide bonds. The largest absolute Gasteiger partial charge is 0.383 e. The van der Waals surface area contributed by atoms with Gasteiger partial charge in [0, 0.05) is 53.7 Å². The van der Waals surface area contributed by atoms with E-state index in [2.05, 4.69) is 21.9 Å². The first-order valence-corrected chi connectivity index (χ1v) is 12.5. The number of nitrogens with zero attached hydrogens (tertiary/aromatic N) is 4. The molecular formula is C29H28F2N6O2. The zero-order chi connectivity index (χ0) is 27.8. The Morgan fingerprint density at radius 2 is 1.77 bits per heavy atom. The van der Waals surface area contributed by atoms with Crippen molar-refractivity contribution in [1.82, 2.24) is 19.4 Å². The molecule has 0 aliphatic carbocycles. The number of carbonyl (C=O) groups is 2. The van der Waals surface area contributed by atoms with Crippen molar-refractivity contribution >= 4 is 34.4 Å². The Bertz CT molecular complexity index is 1600. The van der Waals surface area contributed by atoms with Crippen LogP contribution >= 0.6 is 0 Å². The minimum atomic E-state index is -2.84. The summed E-state index contributed by atoms with van der Waals surface area (Å²) in [4.78, 5) is 35.3. The summed E-state index contributed by atoms with van der Waals surface area (Å²) in [6.45, 7) is 6.60. The quantitative estimate of drug-likeness (QED) is 0.317. The summed E-state index contributed by atoms with van der Waals surface area (Å²) in [6, 6.07) is 11.4. The van der Waals surface area contributed by atoms with E-state index in [1.165, 1.54) is 19.3 Å². The van der Waals surface area contributed by atoms with Crippen LogP contribution in [0.25, 0.3) is 33.4 Å². The Balaban J connectivity index is 1.68. The lowest BCUT2D eigenvalue weighted by atomic mass is 9.95. The van der Waals surface area contributed by atoms with E-state index in [4.69, 9.17) is 5.73 Å². The molecule has 3 heterocycles. The van der Waals surface area contributed by atoms with Crippen LogP contribution in [0.5, 0.6) is 0 Å². The van der Waals surface area contributed by atoms with Gasteiger partial charge in [0.05, 0.1) is 11.1 Å². The third-order valence-corrected chi connectivity index (χ3v) is 7.00. The Morgan fingerprint density at radius 3 is 2.41 bits per heavy atom. The van der Waals surface area contributed by atoms with Gasteiger partial charge >= 0.3 is 0 Å². The predicted molar refractivity (Wildman–Crippen MR) is 147 cm³/mol. The second-order valence-corrected chi connectivity index (χ2v) is 9.65. The summed E-state index contributed by atoms with van der Waals surface area (Å²) in [7, 11) is 1.73. The van der Waals surface area contributed by atoms with Gasteiger partial charge < -0.3 is 20.5 Å². The van der Waals surface area contributed by atoms with Crippen molar-refractivity contribution in [1.29, 1.82) is 0 Å². The van der Waals surface area contributed by atoms with Crippen molar-refractivity contribution in [3.63, 3.8) is 0 Å². The molecule has 10 heteroatoms. The fourth-order valence-electron chi connectivity index (χ4n) is 5.03. The minimum Gasteiger partial charge on any atom is -0.383 e. The van der Waals surface area contributed by atoms with Crippen molar-refractivity contribution in [3.05, 3.63) is 72.1 Å². The molecule has 39 heavy (non-hydrogen) atoms. The summed E-state index contributed by atoms with van der Waals surface area (Å²) in [5.41, 5.74) is 9.51. The molecule has 1 aliphatic rings. The number of benzene rings is 2. The van der Waals surface area contributed by atoms with Gasteiger partial charge in [-0.05, 0) is 49.6 Å². The topological polar surface area (TPSA) is 106 Å². The van der Waals surface area contributed by atoms with E-state index in [1.54, 1.807) is 48.0 Å². The number of aryl methyl sites for hydroxylation is 1. The third-order valence-electron chi connectivity index (χ3n) is 7.00. The highest BCUT2D eigenvalue weighted by atomic mass is 19.3. The van der Waals surface area contributed by atoms with Gasteiger partial charge in [0.25, 0.3) is 18.2 Å². The maximum Gasteiger partial charge on any atom is 0.264 e. The first-order valence-electron chi connectivity index (χ1n) is 12.5. The zero-order valence-electron chi connectivity index (χ0n) is 21.7. The fraction of sp³-hybridized carbons (Fsp3) is 0.241. The van der Waals surface area contributed by atoms with E-state index in [1.807, 2.05) is 4.90 Å². The molecule has 200 valence electrons.